The molecule has 0 saturated carbocycles. The second-order valence-corrected chi connectivity index (χ2v) is 3.39. The van der Waals surface area contributed by atoms with Crippen molar-refractivity contribution in [1.29, 1.82) is 0 Å². The molecule has 7 heteroatoms. The first-order valence-electron chi connectivity index (χ1n) is 3.68. The molecule has 1 N–H and O–H groups in total. The third kappa shape index (κ3) is 3.32. The number of terminal acetylenes is 1. The van der Waals surface area contributed by atoms with Crippen molar-refractivity contribution >= 4 is 11.8 Å². The molecule has 0 atom stereocenters. The summed E-state index contributed by atoms with van der Waals surface area (Å²) in [7, 11) is 0. The van der Waals surface area contributed by atoms with Crippen LogP contribution in [0.3, 0.4) is 0 Å². The Labute approximate surface area is 87.1 Å². The molecule has 0 aromatic carbocycles. The molecule has 0 spiro atoms. The molecule has 1 rings (SSSR count). The Bertz CT molecular complexity index is 446. The SMILES string of the molecule is C#CCSc1nc(C(F)(F)F)cc(=O)[nH]1. The third-order valence-corrected chi connectivity index (χ3v) is 2.08. The zero-order chi connectivity index (χ0) is 11.5. The van der Waals surface area contributed by atoms with Gasteiger partial charge in [-0.3, -0.25) is 4.79 Å². The fourth-order valence-corrected chi connectivity index (χ4v) is 1.31. The molecule has 0 saturated heterocycles. The van der Waals surface area contributed by atoms with Crippen molar-refractivity contribution in [3.63, 3.8) is 0 Å². The van der Waals surface area contributed by atoms with Crippen molar-refractivity contribution in [2.24, 2.45) is 0 Å². The average Bonchev–Trinajstić information content (AvgIpc) is 2.12. The highest BCUT2D eigenvalue weighted by molar-refractivity contribution is 7.99. The molecule has 80 valence electrons. The normalized spacial score (nSPS) is 11.1. The highest BCUT2D eigenvalue weighted by atomic mass is 32.2. The van der Waals surface area contributed by atoms with Crippen molar-refractivity contribution in [2.75, 3.05) is 5.75 Å². The zero-order valence-corrected chi connectivity index (χ0v) is 8.08. The van der Waals surface area contributed by atoms with Crippen molar-refractivity contribution in [1.82, 2.24) is 9.97 Å². The lowest BCUT2D eigenvalue weighted by Gasteiger charge is -2.05. The van der Waals surface area contributed by atoms with Crippen LogP contribution in [-0.2, 0) is 6.18 Å². The van der Waals surface area contributed by atoms with E-state index in [4.69, 9.17) is 6.42 Å². The summed E-state index contributed by atoms with van der Waals surface area (Å²) in [6, 6.07) is 0.403. The van der Waals surface area contributed by atoms with Crippen LogP contribution >= 0.6 is 11.8 Å². The van der Waals surface area contributed by atoms with Gasteiger partial charge < -0.3 is 4.98 Å². The predicted molar refractivity (Wildman–Crippen MR) is 49.4 cm³/mol. The number of H-pyrrole nitrogens is 1. The minimum absolute atomic E-state index is 0.132. The molecule has 0 aliphatic carbocycles. The number of thioether (sulfide) groups is 1. The van der Waals surface area contributed by atoms with Crippen molar-refractivity contribution in [3.8, 4) is 12.3 Å². The molecule has 0 aliphatic rings. The number of alkyl halides is 3. The van der Waals surface area contributed by atoms with E-state index in [1.807, 2.05) is 0 Å². The van der Waals surface area contributed by atoms with Gasteiger partial charge in [-0.1, -0.05) is 17.7 Å². The summed E-state index contributed by atoms with van der Waals surface area (Å²) in [5.41, 5.74) is -2.07. The number of aromatic amines is 1. The maximum Gasteiger partial charge on any atom is 0.433 e. The van der Waals surface area contributed by atoms with E-state index in [2.05, 4.69) is 15.9 Å². The molecule has 0 bridgehead atoms. The van der Waals surface area contributed by atoms with Gasteiger partial charge >= 0.3 is 6.18 Å². The van der Waals surface area contributed by atoms with E-state index in [0.29, 0.717) is 6.07 Å². The van der Waals surface area contributed by atoms with Crippen molar-refractivity contribution < 1.29 is 13.2 Å². The molecule has 0 fully saturated rings. The molecule has 3 nitrogen and oxygen atoms in total. The van der Waals surface area contributed by atoms with Gasteiger partial charge in [0.15, 0.2) is 10.9 Å². The minimum Gasteiger partial charge on any atom is -0.301 e. The molecular formula is C8H5F3N2OS. The predicted octanol–water partition coefficient (Wildman–Crippen LogP) is 1.51. The number of aromatic nitrogens is 2. The first-order chi connectivity index (χ1) is 6.93. The lowest BCUT2D eigenvalue weighted by Crippen LogP contribution is -2.16. The molecule has 0 aliphatic heterocycles. The maximum atomic E-state index is 12.2. The lowest BCUT2D eigenvalue weighted by molar-refractivity contribution is -0.141. The summed E-state index contributed by atoms with van der Waals surface area (Å²) in [5, 5.41) is -0.132. The monoisotopic (exact) mass is 234 g/mol. The standard InChI is InChI=1S/C8H5F3N2OS/c1-2-3-15-7-12-5(8(9,10)11)4-6(14)13-7/h1,4H,3H2,(H,12,13,14). The smallest absolute Gasteiger partial charge is 0.301 e. The molecule has 1 aromatic heterocycles. The fourth-order valence-electron chi connectivity index (χ4n) is 0.759. The number of hydrogen-bond donors (Lipinski definition) is 1. The fraction of sp³-hybridized carbons (Fsp3) is 0.250. The first-order valence-corrected chi connectivity index (χ1v) is 4.67. The van der Waals surface area contributed by atoms with Crippen LogP contribution in [0.4, 0.5) is 13.2 Å². The number of halogens is 3. The molecule has 1 heterocycles. The van der Waals surface area contributed by atoms with Crippen LogP contribution in [0.15, 0.2) is 16.0 Å². The Morgan fingerprint density at radius 1 is 1.60 bits per heavy atom. The van der Waals surface area contributed by atoms with E-state index in [0.717, 1.165) is 11.8 Å². The van der Waals surface area contributed by atoms with E-state index < -0.39 is 17.4 Å². The van der Waals surface area contributed by atoms with Crippen LogP contribution in [0, 0.1) is 12.3 Å². The van der Waals surface area contributed by atoms with Gasteiger partial charge in [0.05, 0.1) is 5.75 Å². The van der Waals surface area contributed by atoms with Gasteiger partial charge in [-0.15, -0.1) is 6.42 Å². The van der Waals surface area contributed by atoms with Crippen LogP contribution in [0.25, 0.3) is 0 Å². The van der Waals surface area contributed by atoms with Gasteiger partial charge in [-0.25, -0.2) is 4.98 Å². The van der Waals surface area contributed by atoms with E-state index in [1.165, 1.54) is 0 Å². The number of nitrogens with zero attached hydrogens (tertiary/aromatic N) is 1. The average molecular weight is 234 g/mol. The molecule has 0 unspecified atom stereocenters. The summed E-state index contributed by atoms with van der Waals surface area (Å²) in [6.07, 6.45) is 0.300. The van der Waals surface area contributed by atoms with Crippen molar-refractivity contribution in [3.05, 3.63) is 22.1 Å². The first kappa shape index (κ1) is 11.7. The Morgan fingerprint density at radius 3 is 2.80 bits per heavy atom. The van der Waals surface area contributed by atoms with Gasteiger partial charge in [0.1, 0.15) is 0 Å². The molecule has 15 heavy (non-hydrogen) atoms. The van der Waals surface area contributed by atoms with Gasteiger partial charge in [-0.2, -0.15) is 13.2 Å². The van der Waals surface area contributed by atoms with E-state index in [9.17, 15) is 18.0 Å². The Balaban J connectivity index is 3.07. The molecule has 0 radical (unpaired) electrons. The summed E-state index contributed by atoms with van der Waals surface area (Å²) in [5.74, 6) is 2.36. The minimum atomic E-state index is -4.63. The molecular weight excluding hydrogens is 229 g/mol. The zero-order valence-electron chi connectivity index (χ0n) is 7.26. The van der Waals surface area contributed by atoms with Crippen LogP contribution in [-0.4, -0.2) is 15.7 Å². The second kappa shape index (κ2) is 4.40. The third-order valence-electron chi connectivity index (χ3n) is 1.30. The number of hydrogen-bond acceptors (Lipinski definition) is 3. The second-order valence-electron chi connectivity index (χ2n) is 2.43. The quantitative estimate of drug-likeness (QED) is 0.479. The topological polar surface area (TPSA) is 45.8 Å². The highest BCUT2D eigenvalue weighted by Gasteiger charge is 2.33. The Morgan fingerprint density at radius 2 is 2.27 bits per heavy atom. The van der Waals surface area contributed by atoms with Crippen LogP contribution in [0.1, 0.15) is 5.69 Å². The van der Waals surface area contributed by atoms with Gasteiger partial charge in [0.25, 0.3) is 5.56 Å². The van der Waals surface area contributed by atoms with Gasteiger partial charge in [0, 0.05) is 6.07 Å². The lowest BCUT2D eigenvalue weighted by atomic mass is 10.4. The van der Waals surface area contributed by atoms with Gasteiger partial charge in [-0.05, 0) is 0 Å². The molecule has 1 aromatic rings. The van der Waals surface area contributed by atoms with E-state index in [1.54, 1.807) is 0 Å². The van der Waals surface area contributed by atoms with Crippen molar-refractivity contribution in [2.45, 2.75) is 11.3 Å². The number of nitrogens with one attached hydrogen (secondary N) is 1. The number of rotatable bonds is 2. The highest BCUT2D eigenvalue weighted by Crippen LogP contribution is 2.27. The molecule has 0 amide bonds. The largest absolute Gasteiger partial charge is 0.433 e. The summed E-state index contributed by atoms with van der Waals surface area (Å²) < 4.78 is 36.6. The van der Waals surface area contributed by atoms with Crippen LogP contribution in [0.2, 0.25) is 0 Å². The summed E-state index contributed by atoms with van der Waals surface area (Å²) >= 11 is 0.862. The van der Waals surface area contributed by atoms with Gasteiger partial charge in [0.2, 0.25) is 0 Å². The Hall–Kier alpha value is -1.42. The van der Waals surface area contributed by atoms with E-state index >= 15 is 0 Å². The summed E-state index contributed by atoms with van der Waals surface area (Å²) in [4.78, 5) is 16.2. The maximum absolute atomic E-state index is 12.2. The summed E-state index contributed by atoms with van der Waals surface area (Å²) in [6.45, 7) is 0. The van der Waals surface area contributed by atoms with E-state index in [-0.39, 0.29) is 10.9 Å². The Kier molecular flexibility index (Phi) is 3.42. The van der Waals surface area contributed by atoms with Crippen LogP contribution < -0.4 is 5.56 Å². The van der Waals surface area contributed by atoms with Crippen LogP contribution in [0.5, 0.6) is 0 Å².